The van der Waals surface area contributed by atoms with Gasteiger partial charge in [0.2, 0.25) is 0 Å². The lowest BCUT2D eigenvalue weighted by Gasteiger charge is -2.34. The van der Waals surface area contributed by atoms with E-state index in [1.165, 1.54) is 58.5 Å². The second-order valence-electron chi connectivity index (χ2n) is 6.93. The highest BCUT2D eigenvalue weighted by molar-refractivity contribution is 4.79. The molecule has 4 nitrogen and oxygen atoms in total. The van der Waals surface area contributed by atoms with Crippen molar-refractivity contribution in [2.45, 2.75) is 59.0 Å². The zero-order chi connectivity index (χ0) is 17.8. The van der Waals surface area contributed by atoms with Crippen molar-refractivity contribution in [2.75, 3.05) is 67.5 Å². The molecule has 2 saturated heterocycles. The van der Waals surface area contributed by atoms with E-state index in [-0.39, 0.29) is 0 Å². The quantitative estimate of drug-likeness (QED) is 0.786. The van der Waals surface area contributed by atoms with Crippen LogP contribution in [0.4, 0.5) is 0 Å². The highest BCUT2D eigenvalue weighted by Gasteiger charge is 2.22. The molecule has 0 aromatic carbocycles. The average molecular weight is 329 g/mol. The largest absolute Gasteiger partial charge is 0.306 e. The summed E-state index contributed by atoms with van der Waals surface area (Å²) < 4.78 is 0. The third-order valence-electron chi connectivity index (χ3n) is 5.16. The Morgan fingerprint density at radius 2 is 1.09 bits per heavy atom. The SMILES string of the molecule is CC.CCN1CCC(N(C)C)C1.CCN1CCC(N(C)C)CC1. The van der Waals surface area contributed by atoms with Gasteiger partial charge in [-0.1, -0.05) is 27.7 Å². The van der Waals surface area contributed by atoms with E-state index in [1.807, 2.05) is 13.8 Å². The molecular weight excluding hydrogens is 284 g/mol. The summed E-state index contributed by atoms with van der Waals surface area (Å²) in [4.78, 5) is 9.72. The number of likely N-dealkylation sites (tertiary alicyclic amines) is 2. The van der Waals surface area contributed by atoms with Gasteiger partial charge in [0.15, 0.2) is 0 Å². The van der Waals surface area contributed by atoms with Crippen molar-refractivity contribution in [2.24, 2.45) is 0 Å². The van der Waals surface area contributed by atoms with E-state index in [4.69, 9.17) is 0 Å². The molecule has 0 spiro atoms. The van der Waals surface area contributed by atoms with Crippen LogP contribution in [0.25, 0.3) is 0 Å². The molecule has 2 aliphatic heterocycles. The molecule has 2 rings (SSSR count). The van der Waals surface area contributed by atoms with Crippen molar-refractivity contribution in [3.8, 4) is 0 Å². The molecular formula is C19H44N4. The lowest BCUT2D eigenvalue weighted by molar-refractivity contribution is 0.150. The highest BCUT2D eigenvalue weighted by Crippen LogP contribution is 2.13. The van der Waals surface area contributed by atoms with E-state index in [9.17, 15) is 0 Å². The van der Waals surface area contributed by atoms with E-state index >= 15 is 0 Å². The molecule has 1 unspecified atom stereocenters. The van der Waals surface area contributed by atoms with Crippen LogP contribution in [0.15, 0.2) is 0 Å². The predicted octanol–water partition coefficient (Wildman–Crippen LogP) is 2.70. The van der Waals surface area contributed by atoms with E-state index < -0.39 is 0 Å². The Labute approximate surface area is 146 Å². The molecule has 1 atom stereocenters. The molecule has 0 saturated carbocycles. The van der Waals surface area contributed by atoms with Crippen molar-refractivity contribution in [3.05, 3.63) is 0 Å². The van der Waals surface area contributed by atoms with Gasteiger partial charge in [0, 0.05) is 18.6 Å². The fraction of sp³-hybridized carbons (Fsp3) is 1.00. The van der Waals surface area contributed by atoms with Crippen LogP contribution in [-0.2, 0) is 0 Å². The molecule has 0 N–H and O–H groups in total. The molecule has 0 radical (unpaired) electrons. The van der Waals surface area contributed by atoms with Crippen LogP contribution in [0.5, 0.6) is 0 Å². The van der Waals surface area contributed by atoms with Crippen molar-refractivity contribution in [1.29, 1.82) is 0 Å². The molecule has 2 aliphatic rings. The van der Waals surface area contributed by atoms with Crippen LogP contribution in [-0.4, -0.2) is 99.1 Å². The summed E-state index contributed by atoms with van der Waals surface area (Å²) in [5, 5.41) is 0. The van der Waals surface area contributed by atoms with E-state index in [2.05, 4.69) is 61.6 Å². The second kappa shape index (κ2) is 13.2. The first-order valence-corrected chi connectivity index (χ1v) is 9.75. The molecule has 0 aromatic rings. The predicted molar refractivity (Wildman–Crippen MR) is 104 cm³/mol. The van der Waals surface area contributed by atoms with Gasteiger partial charge in [-0.25, -0.2) is 0 Å². The van der Waals surface area contributed by atoms with Gasteiger partial charge in [-0.05, 0) is 80.2 Å². The van der Waals surface area contributed by atoms with Gasteiger partial charge in [-0.3, -0.25) is 0 Å². The number of hydrogen-bond acceptors (Lipinski definition) is 4. The van der Waals surface area contributed by atoms with Crippen LogP contribution in [0.3, 0.4) is 0 Å². The smallest absolute Gasteiger partial charge is 0.0229 e. The monoisotopic (exact) mass is 328 g/mol. The molecule has 0 amide bonds. The Bertz CT molecular complexity index is 260. The molecule has 4 heteroatoms. The number of likely N-dealkylation sites (N-methyl/N-ethyl adjacent to an activating group) is 2. The minimum absolute atomic E-state index is 0.806. The van der Waals surface area contributed by atoms with E-state index in [0.29, 0.717) is 0 Å². The van der Waals surface area contributed by atoms with Gasteiger partial charge in [-0.15, -0.1) is 0 Å². The Balaban J connectivity index is 0.000000381. The van der Waals surface area contributed by atoms with Crippen molar-refractivity contribution in [1.82, 2.24) is 19.6 Å². The number of nitrogens with zero attached hydrogens (tertiary/aromatic N) is 4. The summed E-state index contributed by atoms with van der Waals surface area (Å²) in [5.41, 5.74) is 0. The first kappa shape index (κ1) is 22.8. The first-order valence-electron chi connectivity index (χ1n) is 9.75. The van der Waals surface area contributed by atoms with Gasteiger partial charge in [0.1, 0.15) is 0 Å². The Morgan fingerprint density at radius 3 is 1.39 bits per heavy atom. The molecule has 0 aliphatic carbocycles. The first-order chi connectivity index (χ1) is 11.0. The fourth-order valence-electron chi connectivity index (χ4n) is 3.27. The summed E-state index contributed by atoms with van der Waals surface area (Å²) in [6.07, 6.45) is 4.04. The van der Waals surface area contributed by atoms with Gasteiger partial charge >= 0.3 is 0 Å². The van der Waals surface area contributed by atoms with E-state index in [1.54, 1.807) is 0 Å². The molecule has 140 valence electrons. The van der Waals surface area contributed by atoms with Gasteiger partial charge in [0.05, 0.1) is 0 Å². The Hall–Kier alpha value is -0.160. The van der Waals surface area contributed by atoms with Gasteiger partial charge in [-0.2, -0.15) is 0 Å². The minimum atomic E-state index is 0.806. The fourth-order valence-corrected chi connectivity index (χ4v) is 3.27. The van der Waals surface area contributed by atoms with Crippen LogP contribution < -0.4 is 0 Å². The molecule has 0 aromatic heterocycles. The van der Waals surface area contributed by atoms with Gasteiger partial charge < -0.3 is 19.6 Å². The maximum atomic E-state index is 2.53. The molecule has 2 heterocycles. The third kappa shape index (κ3) is 9.04. The molecule has 0 bridgehead atoms. The van der Waals surface area contributed by atoms with Crippen LogP contribution in [0.1, 0.15) is 47.0 Å². The second-order valence-corrected chi connectivity index (χ2v) is 6.93. The number of piperidine rings is 1. The zero-order valence-electron chi connectivity index (χ0n) is 17.3. The van der Waals surface area contributed by atoms with Gasteiger partial charge in [0.25, 0.3) is 0 Å². The zero-order valence-corrected chi connectivity index (χ0v) is 17.3. The minimum Gasteiger partial charge on any atom is -0.306 e. The van der Waals surface area contributed by atoms with Crippen LogP contribution in [0, 0.1) is 0 Å². The summed E-state index contributed by atoms with van der Waals surface area (Å²) in [7, 11) is 8.71. The van der Waals surface area contributed by atoms with Crippen LogP contribution in [0.2, 0.25) is 0 Å². The third-order valence-corrected chi connectivity index (χ3v) is 5.16. The van der Waals surface area contributed by atoms with Crippen molar-refractivity contribution < 1.29 is 0 Å². The maximum Gasteiger partial charge on any atom is 0.0229 e. The summed E-state index contributed by atoms with van der Waals surface area (Å²) >= 11 is 0. The standard InChI is InChI=1S/C9H20N2.C8H18N2.C2H6/c1-4-11-7-5-9(6-8-11)10(2)3;1-4-10-6-5-8(7-10)9(2)3;1-2/h9H,4-8H2,1-3H3;8H,4-7H2,1-3H3;1-2H3. The average Bonchev–Trinajstić information content (AvgIpc) is 3.07. The van der Waals surface area contributed by atoms with E-state index in [0.717, 1.165) is 12.1 Å². The Kier molecular flexibility index (Phi) is 13.1. The number of hydrogen-bond donors (Lipinski definition) is 0. The number of rotatable bonds is 4. The lowest BCUT2D eigenvalue weighted by Crippen LogP contribution is -2.41. The molecule has 23 heavy (non-hydrogen) atoms. The topological polar surface area (TPSA) is 13.0 Å². The molecule has 2 fully saturated rings. The van der Waals surface area contributed by atoms with Crippen molar-refractivity contribution >= 4 is 0 Å². The highest BCUT2D eigenvalue weighted by atomic mass is 15.2. The normalized spacial score (nSPS) is 23.5. The van der Waals surface area contributed by atoms with Crippen LogP contribution >= 0.6 is 0 Å². The van der Waals surface area contributed by atoms with Crippen molar-refractivity contribution in [3.63, 3.8) is 0 Å². The lowest BCUT2D eigenvalue weighted by atomic mass is 10.0. The summed E-state index contributed by atoms with van der Waals surface area (Å²) in [6, 6.07) is 1.64. The Morgan fingerprint density at radius 1 is 0.696 bits per heavy atom. The maximum absolute atomic E-state index is 2.53. The summed E-state index contributed by atoms with van der Waals surface area (Å²) in [5.74, 6) is 0. The summed E-state index contributed by atoms with van der Waals surface area (Å²) in [6.45, 7) is 16.1.